The second-order valence-electron chi connectivity index (χ2n) is 5.20. The zero-order valence-electron chi connectivity index (χ0n) is 11.3. The molecule has 17 heavy (non-hydrogen) atoms. The summed E-state index contributed by atoms with van der Waals surface area (Å²) in [4.78, 5) is 11.5. The van der Waals surface area contributed by atoms with E-state index < -0.39 is 0 Å². The Morgan fingerprint density at radius 1 is 1.47 bits per heavy atom. The highest BCUT2D eigenvalue weighted by molar-refractivity contribution is 5.77. The number of rotatable bonds is 7. The van der Waals surface area contributed by atoms with E-state index >= 15 is 0 Å². The fourth-order valence-electron chi connectivity index (χ4n) is 2.13. The molecular weight excluding hydrogens is 216 g/mol. The molecule has 2 unspecified atom stereocenters. The summed E-state index contributed by atoms with van der Waals surface area (Å²) in [7, 11) is 0. The Morgan fingerprint density at radius 2 is 2.24 bits per heavy atom. The maximum absolute atomic E-state index is 11.5. The summed E-state index contributed by atoms with van der Waals surface area (Å²) in [6.45, 7) is 9.26. The zero-order chi connectivity index (χ0) is 12.7. The number of hydrogen-bond acceptors (Lipinski definition) is 3. The Labute approximate surface area is 104 Å². The van der Waals surface area contributed by atoms with Gasteiger partial charge in [-0.1, -0.05) is 20.8 Å². The summed E-state index contributed by atoms with van der Waals surface area (Å²) in [6.07, 6.45) is 2.55. The van der Waals surface area contributed by atoms with Gasteiger partial charge in [-0.05, 0) is 24.7 Å². The molecule has 1 aliphatic heterocycles. The van der Waals surface area contributed by atoms with Crippen molar-refractivity contribution in [3.63, 3.8) is 0 Å². The largest absolute Gasteiger partial charge is 0.378 e. The maximum Gasteiger partial charge on any atom is 0.233 e. The quantitative estimate of drug-likeness (QED) is 0.704. The van der Waals surface area contributed by atoms with Crippen molar-refractivity contribution in [1.29, 1.82) is 0 Å². The number of ether oxygens (including phenoxy) is 1. The van der Waals surface area contributed by atoms with Crippen molar-refractivity contribution in [1.82, 2.24) is 10.6 Å². The summed E-state index contributed by atoms with van der Waals surface area (Å²) in [5.41, 5.74) is 0. The Kier molecular flexibility index (Phi) is 6.52. The average Bonchev–Trinajstić information content (AvgIpc) is 2.74. The van der Waals surface area contributed by atoms with Crippen molar-refractivity contribution in [2.45, 2.75) is 39.7 Å². The van der Waals surface area contributed by atoms with Crippen molar-refractivity contribution in [3.8, 4) is 0 Å². The molecule has 0 aromatic carbocycles. The van der Waals surface area contributed by atoms with Gasteiger partial charge >= 0.3 is 0 Å². The molecule has 1 heterocycles. The topological polar surface area (TPSA) is 50.4 Å². The van der Waals surface area contributed by atoms with Gasteiger partial charge in [0.25, 0.3) is 0 Å². The highest BCUT2D eigenvalue weighted by Crippen LogP contribution is 2.22. The van der Waals surface area contributed by atoms with Crippen LogP contribution < -0.4 is 10.6 Å². The van der Waals surface area contributed by atoms with Gasteiger partial charge in [0.2, 0.25) is 5.91 Å². The zero-order valence-corrected chi connectivity index (χ0v) is 11.3. The van der Waals surface area contributed by atoms with E-state index in [-0.39, 0.29) is 5.91 Å². The lowest BCUT2D eigenvalue weighted by atomic mass is 10.00. The molecular formula is C13H26N2O2. The number of amides is 1. The van der Waals surface area contributed by atoms with Crippen LogP contribution in [0.2, 0.25) is 0 Å². The van der Waals surface area contributed by atoms with E-state index in [4.69, 9.17) is 4.74 Å². The first-order chi connectivity index (χ1) is 8.13. The van der Waals surface area contributed by atoms with E-state index in [1.165, 1.54) is 0 Å². The predicted octanol–water partition coefficient (Wildman–Crippen LogP) is 1.16. The van der Waals surface area contributed by atoms with Crippen LogP contribution in [0.1, 0.15) is 33.6 Å². The highest BCUT2D eigenvalue weighted by Gasteiger charge is 2.26. The molecule has 1 rings (SSSR count). The minimum atomic E-state index is 0.0886. The van der Waals surface area contributed by atoms with Crippen LogP contribution in [0.15, 0.2) is 0 Å². The molecule has 1 aliphatic rings. The number of carbonyl (C=O) groups excluding carboxylic acids is 1. The first kappa shape index (κ1) is 14.5. The summed E-state index contributed by atoms with van der Waals surface area (Å²) >= 11 is 0. The second-order valence-corrected chi connectivity index (χ2v) is 5.20. The van der Waals surface area contributed by atoms with Gasteiger partial charge in [0.1, 0.15) is 0 Å². The van der Waals surface area contributed by atoms with Gasteiger partial charge in [-0.2, -0.15) is 0 Å². The highest BCUT2D eigenvalue weighted by atomic mass is 16.5. The maximum atomic E-state index is 11.5. The van der Waals surface area contributed by atoms with E-state index in [0.29, 0.717) is 24.5 Å². The third-order valence-electron chi connectivity index (χ3n) is 3.15. The number of nitrogens with one attached hydrogen (secondary N) is 2. The third kappa shape index (κ3) is 5.50. The van der Waals surface area contributed by atoms with Crippen molar-refractivity contribution < 1.29 is 9.53 Å². The predicted molar refractivity (Wildman–Crippen MR) is 68.9 cm³/mol. The van der Waals surface area contributed by atoms with Crippen LogP contribution in [-0.2, 0) is 9.53 Å². The Morgan fingerprint density at radius 3 is 2.88 bits per heavy atom. The Hall–Kier alpha value is -0.610. The van der Waals surface area contributed by atoms with Gasteiger partial charge in [-0.25, -0.2) is 0 Å². The molecule has 100 valence electrons. The van der Waals surface area contributed by atoms with Gasteiger partial charge in [-0.15, -0.1) is 0 Å². The monoisotopic (exact) mass is 242 g/mol. The molecule has 0 spiro atoms. The van der Waals surface area contributed by atoms with Crippen LogP contribution in [0, 0.1) is 11.8 Å². The minimum Gasteiger partial charge on any atom is -0.378 e. The van der Waals surface area contributed by atoms with Crippen molar-refractivity contribution >= 4 is 5.91 Å². The van der Waals surface area contributed by atoms with E-state index in [1.807, 2.05) is 0 Å². The van der Waals surface area contributed by atoms with Gasteiger partial charge in [-0.3, -0.25) is 4.79 Å². The van der Waals surface area contributed by atoms with Crippen LogP contribution >= 0.6 is 0 Å². The minimum absolute atomic E-state index is 0.0886. The molecule has 4 heteroatoms. The van der Waals surface area contributed by atoms with Crippen molar-refractivity contribution in [3.05, 3.63) is 0 Å². The van der Waals surface area contributed by atoms with Crippen molar-refractivity contribution in [2.75, 3.05) is 26.2 Å². The van der Waals surface area contributed by atoms with E-state index in [1.54, 1.807) is 0 Å². The molecule has 1 fully saturated rings. The van der Waals surface area contributed by atoms with Crippen LogP contribution in [-0.4, -0.2) is 38.3 Å². The summed E-state index contributed by atoms with van der Waals surface area (Å²) in [6, 6.07) is 0. The molecule has 1 saturated heterocycles. The molecule has 0 aliphatic carbocycles. The SMILES string of the molecule is CCC1OCCC1CNCC(=O)NCC(C)C. The molecule has 4 nitrogen and oxygen atoms in total. The van der Waals surface area contributed by atoms with Gasteiger partial charge in [0.15, 0.2) is 0 Å². The lowest BCUT2D eigenvalue weighted by Gasteiger charge is -2.17. The summed E-state index contributed by atoms with van der Waals surface area (Å²) in [5, 5.41) is 6.12. The van der Waals surface area contributed by atoms with E-state index in [0.717, 1.165) is 32.5 Å². The lowest BCUT2D eigenvalue weighted by molar-refractivity contribution is -0.120. The third-order valence-corrected chi connectivity index (χ3v) is 3.15. The smallest absolute Gasteiger partial charge is 0.233 e. The normalized spacial score (nSPS) is 24.2. The van der Waals surface area contributed by atoms with Gasteiger partial charge in [0, 0.05) is 19.7 Å². The molecule has 2 atom stereocenters. The summed E-state index contributed by atoms with van der Waals surface area (Å²) < 4.78 is 5.61. The van der Waals surface area contributed by atoms with Gasteiger partial charge in [0.05, 0.1) is 12.6 Å². The van der Waals surface area contributed by atoms with Crippen molar-refractivity contribution in [2.24, 2.45) is 11.8 Å². The van der Waals surface area contributed by atoms with Crippen LogP contribution in [0.3, 0.4) is 0 Å². The number of hydrogen-bond donors (Lipinski definition) is 2. The summed E-state index contributed by atoms with van der Waals surface area (Å²) in [5.74, 6) is 1.16. The molecule has 2 N–H and O–H groups in total. The van der Waals surface area contributed by atoms with Crippen LogP contribution in [0.4, 0.5) is 0 Å². The van der Waals surface area contributed by atoms with Crippen LogP contribution in [0.5, 0.6) is 0 Å². The van der Waals surface area contributed by atoms with E-state index in [2.05, 4.69) is 31.4 Å². The van der Waals surface area contributed by atoms with E-state index in [9.17, 15) is 4.79 Å². The molecule has 0 aromatic heterocycles. The molecule has 0 saturated carbocycles. The molecule has 0 aromatic rings. The lowest BCUT2D eigenvalue weighted by Crippen LogP contribution is -2.38. The first-order valence-corrected chi connectivity index (χ1v) is 6.72. The fourth-order valence-corrected chi connectivity index (χ4v) is 2.13. The Balaban J connectivity index is 2.08. The fraction of sp³-hybridized carbons (Fsp3) is 0.923. The molecule has 0 radical (unpaired) electrons. The number of carbonyl (C=O) groups is 1. The standard InChI is InChI=1S/C13H26N2O2/c1-4-12-11(5-6-17-12)8-14-9-13(16)15-7-10(2)3/h10-12,14H,4-9H2,1-3H3,(H,15,16). The average molecular weight is 242 g/mol. The molecule has 0 bridgehead atoms. The second kappa shape index (κ2) is 7.67. The van der Waals surface area contributed by atoms with Crippen LogP contribution in [0.25, 0.3) is 0 Å². The van der Waals surface area contributed by atoms with Gasteiger partial charge < -0.3 is 15.4 Å². The Bertz CT molecular complexity index is 231. The first-order valence-electron chi connectivity index (χ1n) is 6.72. The molecule has 1 amide bonds.